The van der Waals surface area contributed by atoms with Crippen molar-refractivity contribution in [1.29, 1.82) is 0 Å². The second-order valence-corrected chi connectivity index (χ2v) is 10.6. The van der Waals surface area contributed by atoms with Crippen molar-refractivity contribution < 1.29 is 14.3 Å². The fourth-order valence-electron chi connectivity index (χ4n) is 5.30. The van der Waals surface area contributed by atoms with Crippen molar-refractivity contribution in [2.45, 2.75) is 37.1 Å². The topological polar surface area (TPSA) is 205 Å². The van der Waals surface area contributed by atoms with E-state index in [9.17, 15) is 9.59 Å². The Balaban J connectivity index is 1.17. The predicted molar refractivity (Wildman–Crippen MR) is 147 cm³/mol. The number of benzene rings is 1. The molecule has 16 heteroatoms. The third-order valence-corrected chi connectivity index (χ3v) is 7.74. The van der Waals surface area contributed by atoms with E-state index < -0.39 is 23.6 Å². The van der Waals surface area contributed by atoms with Crippen molar-refractivity contribution in [3.8, 4) is 0 Å². The number of hydrogen-bond acceptors (Lipinski definition) is 10. The molecule has 5 rings (SSSR count). The van der Waals surface area contributed by atoms with Gasteiger partial charge in [-0.05, 0) is 18.4 Å². The summed E-state index contributed by atoms with van der Waals surface area (Å²) in [5.74, 6) is 10.7. The number of amides is 2. The van der Waals surface area contributed by atoms with Gasteiger partial charge in [0.1, 0.15) is 11.3 Å². The van der Waals surface area contributed by atoms with Crippen LogP contribution in [0.3, 0.4) is 0 Å². The zero-order chi connectivity index (χ0) is 28.3. The first-order valence-corrected chi connectivity index (χ1v) is 13.4. The largest absolute Gasteiger partial charge is 0.381 e. The van der Waals surface area contributed by atoms with Crippen LogP contribution in [0.5, 0.6) is 0 Å². The van der Waals surface area contributed by atoms with E-state index in [1.54, 1.807) is 0 Å². The van der Waals surface area contributed by atoms with Crippen molar-refractivity contribution in [1.82, 2.24) is 25.4 Å². The summed E-state index contributed by atoms with van der Waals surface area (Å²) in [7, 11) is 0. The highest BCUT2D eigenvalue weighted by molar-refractivity contribution is 6.30. The summed E-state index contributed by atoms with van der Waals surface area (Å²) in [5.41, 5.74) is 6.46. The van der Waals surface area contributed by atoms with Crippen LogP contribution in [0.2, 0.25) is 0 Å². The fourth-order valence-corrected chi connectivity index (χ4v) is 5.45. The van der Waals surface area contributed by atoms with Gasteiger partial charge >= 0.3 is 0 Å². The van der Waals surface area contributed by atoms with Gasteiger partial charge in [-0.1, -0.05) is 47.2 Å². The Morgan fingerprint density at radius 1 is 1.20 bits per heavy atom. The van der Waals surface area contributed by atoms with Crippen molar-refractivity contribution in [2.75, 3.05) is 39.3 Å². The van der Waals surface area contributed by atoms with Crippen molar-refractivity contribution in [3.05, 3.63) is 46.9 Å². The molecule has 8 N–H and O–H groups in total. The predicted octanol–water partition coefficient (Wildman–Crippen LogP) is -1.07. The van der Waals surface area contributed by atoms with Crippen LogP contribution in [0.1, 0.15) is 18.4 Å². The lowest BCUT2D eigenvalue weighted by molar-refractivity contribution is -0.151. The van der Waals surface area contributed by atoms with E-state index in [1.165, 1.54) is 10.6 Å². The monoisotopic (exact) mass is 572 g/mol. The van der Waals surface area contributed by atoms with Crippen LogP contribution in [0, 0.1) is 0 Å². The number of hydrogen-bond donors (Lipinski definition) is 5. The molecule has 1 aromatic rings. The summed E-state index contributed by atoms with van der Waals surface area (Å²) in [5, 5.41) is 14.2. The molecule has 0 aromatic heterocycles. The highest BCUT2D eigenvalue weighted by atomic mass is 35.5. The number of hydrazine groups is 1. The van der Waals surface area contributed by atoms with Crippen LogP contribution >= 0.6 is 11.6 Å². The molecule has 0 saturated carbocycles. The number of aliphatic imine (C=N–C) groups is 2. The van der Waals surface area contributed by atoms with E-state index in [4.69, 9.17) is 33.8 Å². The molecule has 4 aliphatic rings. The van der Waals surface area contributed by atoms with E-state index in [-0.39, 0.29) is 28.7 Å². The SMILES string of the molecule is NN=NC1=NC(N)=C(Cl)NC1C(=O)/N=C1/NC2(CCN(C(=O)C3CN(Cc4ccccc4)CCO3)CC2)CN1N. The van der Waals surface area contributed by atoms with Crippen LogP contribution in [-0.4, -0.2) is 95.4 Å². The average Bonchev–Trinajstić information content (AvgIpc) is 3.25. The lowest BCUT2D eigenvalue weighted by atomic mass is 9.88. The second-order valence-electron chi connectivity index (χ2n) is 10.2. The van der Waals surface area contributed by atoms with E-state index in [0.717, 1.165) is 13.1 Å². The van der Waals surface area contributed by atoms with Crippen molar-refractivity contribution >= 4 is 35.2 Å². The molecule has 1 aromatic carbocycles. The number of likely N-dealkylation sites (tertiary alicyclic amines) is 1. The summed E-state index contributed by atoms with van der Waals surface area (Å²) in [4.78, 5) is 38.5. The summed E-state index contributed by atoms with van der Waals surface area (Å²) in [6.07, 6.45) is 0.755. The summed E-state index contributed by atoms with van der Waals surface area (Å²) in [6, 6.07) is 9.06. The van der Waals surface area contributed by atoms with Crippen LogP contribution < -0.4 is 28.1 Å². The number of ether oxygens (including phenoxy) is 1. The molecule has 214 valence electrons. The summed E-state index contributed by atoms with van der Waals surface area (Å²) >= 11 is 6.01. The third-order valence-electron chi connectivity index (χ3n) is 7.44. The molecule has 0 radical (unpaired) electrons. The number of amidine groups is 1. The second kappa shape index (κ2) is 11.8. The molecule has 4 aliphatic heterocycles. The third kappa shape index (κ3) is 6.01. The van der Waals surface area contributed by atoms with Crippen molar-refractivity contribution in [2.24, 2.45) is 37.7 Å². The highest BCUT2D eigenvalue weighted by Gasteiger charge is 2.45. The van der Waals surface area contributed by atoms with Crippen molar-refractivity contribution in [3.63, 3.8) is 0 Å². The number of nitrogens with zero attached hydrogens (tertiary/aromatic N) is 7. The number of halogens is 1. The molecular formula is C24H33ClN12O3. The Labute approximate surface area is 236 Å². The first-order chi connectivity index (χ1) is 19.3. The maximum absolute atomic E-state index is 13.3. The fraction of sp³-hybridized carbons (Fsp3) is 0.500. The van der Waals surface area contributed by atoms with E-state index in [0.29, 0.717) is 45.6 Å². The highest BCUT2D eigenvalue weighted by Crippen LogP contribution is 2.28. The zero-order valence-corrected chi connectivity index (χ0v) is 22.6. The number of nitrogens with two attached hydrogens (primary N) is 3. The summed E-state index contributed by atoms with van der Waals surface area (Å²) < 4.78 is 5.86. The van der Waals surface area contributed by atoms with Crippen LogP contribution in [0.15, 0.2) is 61.6 Å². The minimum atomic E-state index is -1.14. The Morgan fingerprint density at radius 3 is 2.67 bits per heavy atom. The number of rotatable bonds is 4. The van der Waals surface area contributed by atoms with Crippen LogP contribution in [-0.2, 0) is 20.9 Å². The van der Waals surface area contributed by atoms with Gasteiger partial charge in [0.05, 0.1) is 18.7 Å². The molecular weight excluding hydrogens is 540 g/mol. The minimum Gasteiger partial charge on any atom is -0.381 e. The lowest BCUT2D eigenvalue weighted by Gasteiger charge is -2.41. The van der Waals surface area contributed by atoms with Gasteiger partial charge in [-0.3, -0.25) is 19.5 Å². The van der Waals surface area contributed by atoms with E-state index in [2.05, 4.69) is 48.0 Å². The molecule has 0 bridgehead atoms. The van der Waals surface area contributed by atoms with Gasteiger partial charge in [0, 0.05) is 32.7 Å². The normalized spacial score (nSPS) is 26.2. The maximum Gasteiger partial charge on any atom is 0.279 e. The molecule has 2 amide bonds. The maximum atomic E-state index is 13.3. The van der Waals surface area contributed by atoms with Gasteiger partial charge in [0.2, 0.25) is 5.96 Å². The van der Waals surface area contributed by atoms with Gasteiger partial charge in [0.25, 0.3) is 11.8 Å². The Bertz CT molecular complexity index is 1240. The minimum absolute atomic E-state index is 0.00672. The molecule has 4 heterocycles. The Kier molecular flexibility index (Phi) is 8.16. The molecule has 0 aliphatic carbocycles. The van der Waals surface area contributed by atoms with Gasteiger partial charge in [-0.15, -0.1) is 5.11 Å². The first kappa shape index (κ1) is 27.8. The quantitative estimate of drug-likeness (QED) is 0.128. The average molecular weight is 573 g/mol. The zero-order valence-electron chi connectivity index (χ0n) is 21.9. The number of nitrogens with one attached hydrogen (secondary N) is 2. The molecule has 1 spiro atoms. The number of morpholine rings is 1. The molecule has 2 atom stereocenters. The van der Waals surface area contributed by atoms with Crippen LogP contribution in [0.25, 0.3) is 0 Å². The molecule has 2 unspecified atom stereocenters. The molecule has 40 heavy (non-hydrogen) atoms. The number of carbonyl (C=O) groups excluding carboxylic acids is 2. The Morgan fingerprint density at radius 2 is 1.95 bits per heavy atom. The number of carbonyl (C=O) groups is 2. The lowest BCUT2D eigenvalue weighted by Crippen LogP contribution is -2.57. The summed E-state index contributed by atoms with van der Waals surface area (Å²) in [6.45, 7) is 4.10. The smallest absolute Gasteiger partial charge is 0.279 e. The molecule has 3 saturated heterocycles. The van der Waals surface area contributed by atoms with Gasteiger partial charge in [0.15, 0.2) is 17.7 Å². The van der Waals surface area contributed by atoms with Gasteiger partial charge in [-0.2, -0.15) is 4.99 Å². The van der Waals surface area contributed by atoms with Gasteiger partial charge in [-0.25, -0.2) is 10.8 Å². The van der Waals surface area contributed by atoms with Crippen LogP contribution in [0.4, 0.5) is 0 Å². The van der Waals surface area contributed by atoms with Gasteiger partial charge < -0.3 is 31.8 Å². The van der Waals surface area contributed by atoms with E-state index in [1.807, 2.05) is 23.1 Å². The number of piperidine rings is 1. The standard InChI is InChI=1S/C24H33ClN12O3/c25-18-19(26)30-20(33-34-27)17(29-18)21(38)31-23-32-24(14-37(23)28)6-8-36(9-7-24)22(39)16-13-35(10-11-40-16)12-15-4-2-1-3-5-15/h1-5,16-17,29H,6-14,26,28H2,(H2,27,30,33)(H,31,32,38). The first-order valence-electron chi connectivity index (χ1n) is 13.0. The molecule has 15 nitrogen and oxygen atoms in total. The Hall–Kier alpha value is -3.79. The molecule has 3 fully saturated rings. The number of guanidine groups is 1. The van der Waals surface area contributed by atoms with E-state index >= 15 is 0 Å².